The van der Waals surface area contributed by atoms with Crippen molar-refractivity contribution >= 4 is 33.1 Å². The molecule has 9 nitrogen and oxygen atoms in total. The van der Waals surface area contributed by atoms with Gasteiger partial charge in [0.05, 0.1) is 24.4 Å². The van der Waals surface area contributed by atoms with E-state index in [2.05, 4.69) is 22.5 Å². The average molecular weight is 609 g/mol. The number of aromatic nitrogens is 3. The van der Waals surface area contributed by atoms with Crippen molar-refractivity contribution in [2.75, 3.05) is 51.9 Å². The zero-order chi connectivity index (χ0) is 29.9. The maximum Gasteiger partial charge on any atom is 0.222 e. The fourth-order valence-electron chi connectivity index (χ4n) is 6.92. The van der Waals surface area contributed by atoms with Crippen molar-refractivity contribution in [3.05, 3.63) is 47.0 Å². The summed E-state index contributed by atoms with van der Waals surface area (Å²) in [7, 11) is 3.23. The number of ether oxygens (including phenoxy) is 2. The van der Waals surface area contributed by atoms with Crippen LogP contribution in [0.3, 0.4) is 0 Å². The van der Waals surface area contributed by atoms with Gasteiger partial charge in [0, 0.05) is 78.9 Å². The monoisotopic (exact) mass is 608 g/mol. The summed E-state index contributed by atoms with van der Waals surface area (Å²) in [6.07, 6.45) is 1.73. The van der Waals surface area contributed by atoms with Crippen molar-refractivity contribution < 1.29 is 23.0 Å². The molecule has 1 atom stereocenters. The minimum Gasteiger partial charge on any atom is -0.490 e. The number of amides is 1. The van der Waals surface area contributed by atoms with Gasteiger partial charge >= 0.3 is 0 Å². The Morgan fingerprint density at radius 2 is 2.02 bits per heavy atom. The van der Waals surface area contributed by atoms with E-state index in [1.165, 1.54) is 17.4 Å². The third-order valence-corrected chi connectivity index (χ3v) is 9.93. The molecule has 4 aromatic rings. The van der Waals surface area contributed by atoms with E-state index in [1.807, 2.05) is 22.2 Å². The quantitative estimate of drug-likeness (QED) is 0.279. The molecule has 0 bridgehead atoms. The highest BCUT2D eigenvalue weighted by atomic mass is 32.1. The van der Waals surface area contributed by atoms with Crippen LogP contribution in [0.15, 0.2) is 29.6 Å². The number of thiophene rings is 1. The lowest BCUT2D eigenvalue weighted by atomic mass is 9.57. The number of carbonyl (C=O) groups excluding carboxylic acids is 1. The summed E-state index contributed by atoms with van der Waals surface area (Å²) in [6.45, 7) is 5.59. The number of fused-ring (bicyclic) bond motifs is 2. The molecule has 1 aromatic carbocycles. The third kappa shape index (κ3) is 4.76. The molecule has 5 heterocycles. The summed E-state index contributed by atoms with van der Waals surface area (Å²) >= 11 is 1.49. The fourth-order valence-corrected chi connectivity index (χ4v) is 7.86. The van der Waals surface area contributed by atoms with Crippen LogP contribution in [0.5, 0.6) is 5.75 Å². The first-order valence-corrected chi connectivity index (χ1v) is 15.5. The summed E-state index contributed by atoms with van der Waals surface area (Å²) in [6, 6.07) is 6.22. The molecule has 1 saturated carbocycles. The minimum absolute atomic E-state index is 0.0599. The molecule has 1 spiro atoms. The standard InChI is InChI=1S/C31H34F2N6O3S/c1-17-23-12-22(37-39(23)6-5-35-17)27-26(25-21(33)10-19(32)11-24(25)42-8-7-41-3)28-20(4-9-43-28)29(36-27)38-15-31(16-38)13-18(14-31)30(40)34-2/h4,9-12,17-18,35H,5-8,13-16H2,1-3H3,(H,34,40). The zero-order valence-electron chi connectivity index (χ0n) is 24.4. The van der Waals surface area contributed by atoms with Gasteiger partial charge in [-0.25, -0.2) is 13.8 Å². The Morgan fingerprint density at radius 3 is 2.77 bits per heavy atom. The molecule has 2 aliphatic heterocycles. The van der Waals surface area contributed by atoms with Crippen LogP contribution >= 0.6 is 11.3 Å². The SMILES string of the molecule is CNC(=O)C1CC2(C1)CN(c1nc(-c3cc4n(n3)CCNC4C)c(-c3c(F)cc(F)cc3OCCOC)c3sccc13)C2. The molecule has 1 unspecified atom stereocenters. The molecule has 3 aliphatic rings. The van der Waals surface area contributed by atoms with E-state index in [1.54, 1.807) is 14.2 Å². The molecule has 1 saturated heterocycles. The smallest absolute Gasteiger partial charge is 0.222 e. The second-order valence-electron chi connectivity index (χ2n) is 11.9. The molecule has 2 fully saturated rings. The number of anilines is 1. The van der Waals surface area contributed by atoms with Crippen LogP contribution in [0.4, 0.5) is 14.6 Å². The van der Waals surface area contributed by atoms with E-state index < -0.39 is 11.6 Å². The predicted octanol–water partition coefficient (Wildman–Crippen LogP) is 4.76. The molecule has 12 heteroatoms. The highest BCUT2D eigenvalue weighted by Gasteiger charge is 2.54. The molecule has 3 aromatic heterocycles. The highest BCUT2D eigenvalue weighted by molar-refractivity contribution is 7.18. The lowest BCUT2D eigenvalue weighted by Crippen LogP contribution is -2.64. The lowest BCUT2D eigenvalue weighted by molar-refractivity contribution is -0.133. The van der Waals surface area contributed by atoms with Gasteiger partial charge in [0.2, 0.25) is 5.91 Å². The number of nitrogens with zero attached hydrogens (tertiary/aromatic N) is 4. The van der Waals surface area contributed by atoms with Gasteiger partial charge in [-0.05, 0) is 37.3 Å². The number of methoxy groups -OCH3 is 1. The van der Waals surface area contributed by atoms with Gasteiger partial charge in [0.15, 0.2) is 0 Å². The van der Waals surface area contributed by atoms with Crippen molar-refractivity contribution in [3.8, 4) is 28.3 Å². The zero-order valence-corrected chi connectivity index (χ0v) is 25.2. The van der Waals surface area contributed by atoms with Gasteiger partial charge in [-0.2, -0.15) is 5.10 Å². The normalized spacial score (nSPS) is 19.3. The second-order valence-corrected chi connectivity index (χ2v) is 12.8. The third-order valence-electron chi connectivity index (χ3n) is 9.00. The number of nitrogens with one attached hydrogen (secondary N) is 2. The van der Waals surface area contributed by atoms with Crippen molar-refractivity contribution in [1.82, 2.24) is 25.4 Å². The van der Waals surface area contributed by atoms with Crippen LogP contribution in [0.1, 0.15) is 31.5 Å². The summed E-state index contributed by atoms with van der Waals surface area (Å²) in [5.41, 5.74) is 2.98. The molecular formula is C31H34F2N6O3S. The Kier molecular flexibility index (Phi) is 7.10. The summed E-state index contributed by atoms with van der Waals surface area (Å²) < 4.78 is 44.3. The van der Waals surface area contributed by atoms with Gasteiger partial charge in [-0.15, -0.1) is 11.3 Å². The van der Waals surface area contributed by atoms with Crippen molar-refractivity contribution in [3.63, 3.8) is 0 Å². The molecule has 2 N–H and O–H groups in total. The molecule has 1 amide bonds. The Balaban J connectivity index is 1.37. The van der Waals surface area contributed by atoms with Crippen LogP contribution in [-0.2, 0) is 16.1 Å². The largest absolute Gasteiger partial charge is 0.490 e. The number of hydrogen-bond acceptors (Lipinski definition) is 8. The van der Waals surface area contributed by atoms with E-state index in [0.717, 1.165) is 60.1 Å². The van der Waals surface area contributed by atoms with E-state index in [9.17, 15) is 9.18 Å². The van der Waals surface area contributed by atoms with Gasteiger partial charge in [0.25, 0.3) is 0 Å². The summed E-state index contributed by atoms with van der Waals surface area (Å²) in [5.74, 6) is -0.381. The highest BCUT2D eigenvalue weighted by Crippen LogP contribution is 2.55. The molecule has 7 rings (SSSR count). The second kappa shape index (κ2) is 10.8. The van der Waals surface area contributed by atoms with Crippen molar-refractivity contribution in [2.24, 2.45) is 11.3 Å². The topological polar surface area (TPSA) is 93.5 Å². The van der Waals surface area contributed by atoms with E-state index in [0.29, 0.717) is 23.5 Å². The van der Waals surface area contributed by atoms with Gasteiger partial charge in [-0.3, -0.25) is 9.48 Å². The Hall–Kier alpha value is -3.61. The number of pyridine rings is 1. The van der Waals surface area contributed by atoms with E-state index in [4.69, 9.17) is 19.6 Å². The first-order valence-electron chi connectivity index (χ1n) is 14.6. The minimum atomic E-state index is -0.727. The Morgan fingerprint density at radius 1 is 1.21 bits per heavy atom. The maximum atomic E-state index is 15.9. The van der Waals surface area contributed by atoms with E-state index >= 15 is 4.39 Å². The van der Waals surface area contributed by atoms with Gasteiger partial charge in [-0.1, -0.05) is 0 Å². The first kappa shape index (κ1) is 28.2. The average Bonchev–Trinajstić information content (AvgIpc) is 3.60. The fraction of sp³-hybridized carbons (Fsp3) is 0.452. The van der Waals surface area contributed by atoms with Gasteiger partial charge in [0.1, 0.15) is 41.2 Å². The summed E-state index contributed by atoms with van der Waals surface area (Å²) in [4.78, 5) is 19.6. The van der Waals surface area contributed by atoms with Gasteiger partial charge < -0.3 is 25.0 Å². The van der Waals surface area contributed by atoms with Crippen molar-refractivity contribution in [2.45, 2.75) is 32.4 Å². The Bertz CT molecular complexity index is 1710. The number of rotatable bonds is 8. The number of halogens is 2. The molecule has 226 valence electrons. The van der Waals surface area contributed by atoms with E-state index in [-0.39, 0.29) is 47.8 Å². The first-order chi connectivity index (χ1) is 20.8. The van der Waals surface area contributed by atoms with Crippen LogP contribution in [0.25, 0.3) is 32.6 Å². The number of carbonyl (C=O) groups is 1. The van der Waals surface area contributed by atoms with Crippen molar-refractivity contribution in [1.29, 1.82) is 0 Å². The predicted molar refractivity (Wildman–Crippen MR) is 161 cm³/mol. The Labute approximate surface area is 252 Å². The summed E-state index contributed by atoms with van der Waals surface area (Å²) in [5, 5.41) is 14.0. The lowest BCUT2D eigenvalue weighted by Gasteiger charge is -2.59. The van der Waals surface area contributed by atoms with Crippen LogP contribution in [0, 0.1) is 23.0 Å². The molecule has 1 aliphatic carbocycles. The number of hydrogen-bond donors (Lipinski definition) is 2. The van der Waals surface area contributed by atoms with Crippen LogP contribution in [0.2, 0.25) is 0 Å². The van der Waals surface area contributed by atoms with Crippen LogP contribution in [-0.4, -0.2) is 67.7 Å². The molecule has 43 heavy (non-hydrogen) atoms. The van der Waals surface area contributed by atoms with Crippen LogP contribution < -0.4 is 20.3 Å². The number of benzene rings is 1. The molecular weight excluding hydrogens is 574 g/mol. The molecule has 0 radical (unpaired) electrons. The maximum absolute atomic E-state index is 15.9.